The first-order chi connectivity index (χ1) is 13.1. The van der Waals surface area contributed by atoms with Gasteiger partial charge in [-0.1, -0.05) is 30.3 Å². The van der Waals surface area contributed by atoms with E-state index in [1.54, 1.807) is 6.20 Å². The summed E-state index contributed by atoms with van der Waals surface area (Å²) >= 11 is 0. The second-order valence-corrected chi connectivity index (χ2v) is 6.70. The topological polar surface area (TPSA) is 59.4 Å². The minimum Gasteiger partial charge on any atom is -0.477 e. The van der Waals surface area contributed by atoms with E-state index in [4.69, 9.17) is 4.74 Å². The number of para-hydroxylation sites is 3. The average molecular weight is 362 g/mol. The number of likely N-dealkylation sites (N-methyl/N-ethyl adjacent to an activating group) is 1. The van der Waals surface area contributed by atoms with E-state index in [9.17, 15) is 4.79 Å². The smallest absolute Gasteiger partial charge is 0.267 e. The summed E-state index contributed by atoms with van der Waals surface area (Å²) in [4.78, 5) is 19.2. The molecular weight excluding hydrogens is 340 g/mol. The van der Waals surface area contributed by atoms with Gasteiger partial charge >= 0.3 is 0 Å². The van der Waals surface area contributed by atoms with E-state index in [0.717, 1.165) is 28.5 Å². The van der Waals surface area contributed by atoms with Gasteiger partial charge in [0.15, 0.2) is 6.10 Å². The van der Waals surface area contributed by atoms with Gasteiger partial charge in [-0.05, 0) is 30.7 Å². The van der Waals surface area contributed by atoms with Crippen LogP contribution in [-0.2, 0) is 11.3 Å². The lowest BCUT2D eigenvalue weighted by Gasteiger charge is -2.33. The zero-order valence-electron chi connectivity index (χ0n) is 15.4. The largest absolute Gasteiger partial charge is 0.477 e. The third kappa shape index (κ3) is 3.51. The fourth-order valence-electron chi connectivity index (χ4n) is 3.29. The highest BCUT2D eigenvalue weighted by Crippen LogP contribution is 2.32. The minimum atomic E-state index is -0.562. The van der Waals surface area contributed by atoms with E-state index >= 15 is 0 Å². The number of imidazole rings is 1. The molecule has 0 saturated heterocycles. The number of aromatic nitrogens is 2. The molecule has 1 aliphatic rings. The van der Waals surface area contributed by atoms with Crippen molar-refractivity contribution >= 4 is 17.3 Å². The van der Waals surface area contributed by atoms with Crippen molar-refractivity contribution in [1.29, 1.82) is 0 Å². The molecule has 0 spiro atoms. The van der Waals surface area contributed by atoms with Gasteiger partial charge in [-0.15, -0.1) is 0 Å². The number of nitrogens with zero attached hydrogens (tertiary/aromatic N) is 3. The van der Waals surface area contributed by atoms with E-state index in [0.29, 0.717) is 13.1 Å². The number of benzene rings is 2. The molecule has 0 aliphatic carbocycles. The van der Waals surface area contributed by atoms with Crippen molar-refractivity contribution in [2.75, 3.05) is 23.8 Å². The standard InChI is InChI=1S/C21H22N4O2/c1-15-22-11-12-25(15)13-16-7-3-4-8-17(16)23-21(26)20-14-24(2)18-9-5-6-10-19(18)27-20/h3-12,20H,13-14H2,1-2H3,(H,23,26). The van der Waals surface area contributed by atoms with E-state index in [-0.39, 0.29) is 5.91 Å². The third-order valence-corrected chi connectivity index (χ3v) is 4.82. The van der Waals surface area contributed by atoms with Crippen LogP contribution in [0.1, 0.15) is 11.4 Å². The second kappa shape index (κ2) is 7.15. The van der Waals surface area contributed by atoms with Crippen LogP contribution in [0.15, 0.2) is 60.9 Å². The van der Waals surface area contributed by atoms with Crippen LogP contribution in [0.5, 0.6) is 5.75 Å². The molecule has 4 rings (SSSR count). The van der Waals surface area contributed by atoms with Crippen molar-refractivity contribution in [3.8, 4) is 5.75 Å². The molecule has 1 atom stereocenters. The molecule has 138 valence electrons. The Labute approximate surface area is 158 Å². The Morgan fingerprint density at radius 3 is 2.81 bits per heavy atom. The van der Waals surface area contributed by atoms with Crippen LogP contribution >= 0.6 is 0 Å². The summed E-state index contributed by atoms with van der Waals surface area (Å²) in [7, 11) is 1.97. The number of aryl methyl sites for hydroxylation is 1. The maximum Gasteiger partial charge on any atom is 0.267 e. The molecule has 0 saturated carbocycles. The zero-order valence-corrected chi connectivity index (χ0v) is 15.4. The van der Waals surface area contributed by atoms with Crippen LogP contribution in [0.4, 0.5) is 11.4 Å². The first-order valence-corrected chi connectivity index (χ1v) is 8.95. The molecule has 0 fully saturated rings. The number of hydrogen-bond donors (Lipinski definition) is 1. The highest BCUT2D eigenvalue weighted by atomic mass is 16.5. The Hall–Kier alpha value is -3.28. The summed E-state index contributed by atoms with van der Waals surface area (Å²) in [6.45, 7) is 3.12. The number of carbonyl (C=O) groups excluding carboxylic acids is 1. The normalized spacial score (nSPS) is 15.8. The van der Waals surface area contributed by atoms with Crippen molar-refractivity contribution < 1.29 is 9.53 Å². The molecule has 2 heterocycles. The molecule has 3 aromatic rings. The number of rotatable bonds is 4. The SMILES string of the molecule is Cc1nccn1Cc1ccccc1NC(=O)C1CN(C)c2ccccc2O1. The number of anilines is 2. The Balaban J connectivity index is 1.52. The zero-order chi connectivity index (χ0) is 18.8. The summed E-state index contributed by atoms with van der Waals surface area (Å²) in [6.07, 6.45) is 3.15. The number of fused-ring (bicyclic) bond motifs is 1. The number of amides is 1. The Kier molecular flexibility index (Phi) is 4.54. The lowest BCUT2D eigenvalue weighted by Crippen LogP contribution is -2.45. The fourth-order valence-corrected chi connectivity index (χ4v) is 3.29. The van der Waals surface area contributed by atoms with Crippen LogP contribution in [0, 0.1) is 6.92 Å². The van der Waals surface area contributed by atoms with Crippen LogP contribution in [-0.4, -0.2) is 35.2 Å². The molecule has 1 aliphatic heterocycles. The van der Waals surface area contributed by atoms with Gasteiger partial charge in [0, 0.05) is 25.1 Å². The summed E-state index contributed by atoms with van der Waals surface area (Å²) in [5.74, 6) is 1.52. The number of nitrogens with one attached hydrogen (secondary N) is 1. The van der Waals surface area contributed by atoms with Gasteiger partial charge in [-0.2, -0.15) is 0 Å². The predicted molar refractivity (Wildman–Crippen MR) is 105 cm³/mol. The number of hydrogen-bond acceptors (Lipinski definition) is 4. The monoisotopic (exact) mass is 362 g/mol. The number of carbonyl (C=O) groups is 1. The highest BCUT2D eigenvalue weighted by Gasteiger charge is 2.29. The lowest BCUT2D eigenvalue weighted by atomic mass is 10.1. The molecule has 1 amide bonds. The van der Waals surface area contributed by atoms with E-state index in [1.807, 2.05) is 78.2 Å². The van der Waals surface area contributed by atoms with Gasteiger partial charge in [0.05, 0.1) is 18.8 Å². The summed E-state index contributed by atoms with van der Waals surface area (Å²) in [5.41, 5.74) is 2.81. The van der Waals surface area contributed by atoms with Crippen LogP contribution < -0.4 is 15.0 Å². The Morgan fingerprint density at radius 2 is 2.00 bits per heavy atom. The lowest BCUT2D eigenvalue weighted by molar-refractivity contribution is -0.122. The second-order valence-electron chi connectivity index (χ2n) is 6.70. The van der Waals surface area contributed by atoms with Crippen molar-refractivity contribution in [3.63, 3.8) is 0 Å². The molecule has 6 nitrogen and oxygen atoms in total. The molecule has 6 heteroatoms. The van der Waals surface area contributed by atoms with Crippen molar-refractivity contribution in [2.24, 2.45) is 0 Å². The predicted octanol–water partition coefficient (Wildman–Crippen LogP) is 3.08. The maximum absolute atomic E-state index is 12.9. The first-order valence-electron chi connectivity index (χ1n) is 8.95. The third-order valence-electron chi connectivity index (χ3n) is 4.82. The molecule has 1 aromatic heterocycles. The molecule has 0 radical (unpaired) electrons. The number of ether oxygens (including phenoxy) is 1. The van der Waals surface area contributed by atoms with Crippen LogP contribution in [0.25, 0.3) is 0 Å². The first kappa shape index (κ1) is 17.1. The molecule has 0 bridgehead atoms. The molecule has 2 aromatic carbocycles. The van der Waals surface area contributed by atoms with Crippen molar-refractivity contribution in [1.82, 2.24) is 9.55 Å². The van der Waals surface area contributed by atoms with E-state index < -0.39 is 6.10 Å². The quantitative estimate of drug-likeness (QED) is 0.775. The Morgan fingerprint density at radius 1 is 1.22 bits per heavy atom. The fraction of sp³-hybridized carbons (Fsp3) is 0.238. The summed E-state index contributed by atoms with van der Waals surface area (Å²) in [5, 5.41) is 3.04. The van der Waals surface area contributed by atoms with Crippen molar-refractivity contribution in [3.05, 3.63) is 72.3 Å². The van der Waals surface area contributed by atoms with Gasteiger partial charge in [-0.3, -0.25) is 4.79 Å². The van der Waals surface area contributed by atoms with Gasteiger partial charge in [0.1, 0.15) is 11.6 Å². The maximum atomic E-state index is 12.9. The van der Waals surface area contributed by atoms with Gasteiger partial charge in [0.25, 0.3) is 5.91 Å². The molecule has 1 N–H and O–H groups in total. The highest BCUT2D eigenvalue weighted by molar-refractivity contribution is 5.96. The molecular formula is C21H22N4O2. The average Bonchev–Trinajstić information content (AvgIpc) is 3.08. The summed E-state index contributed by atoms with van der Waals surface area (Å²) in [6, 6.07) is 15.6. The van der Waals surface area contributed by atoms with Gasteiger partial charge < -0.3 is 19.5 Å². The van der Waals surface area contributed by atoms with Gasteiger partial charge in [-0.25, -0.2) is 4.98 Å². The molecule has 1 unspecified atom stereocenters. The Bertz CT molecular complexity index is 966. The minimum absolute atomic E-state index is 0.147. The summed E-state index contributed by atoms with van der Waals surface area (Å²) < 4.78 is 7.98. The molecule has 27 heavy (non-hydrogen) atoms. The van der Waals surface area contributed by atoms with Gasteiger partial charge in [0.2, 0.25) is 0 Å². The van der Waals surface area contributed by atoms with E-state index in [1.165, 1.54) is 0 Å². The van der Waals surface area contributed by atoms with Crippen LogP contribution in [0.2, 0.25) is 0 Å². The van der Waals surface area contributed by atoms with E-state index in [2.05, 4.69) is 10.3 Å². The van der Waals surface area contributed by atoms with Crippen LogP contribution in [0.3, 0.4) is 0 Å². The van der Waals surface area contributed by atoms with Crippen molar-refractivity contribution in [2.45, 2.75) is 19.6 Å².